The number of aromatic amines is 1. The molecule has 1 aliphatic heterocycles. The summed E-state index contributed by atoms with van der Waals surface area (Å²) < 4.78 is 18.0. The fraction of sp³-hybridized carbons (Fsp3) is 0. The van der Waals surface area contributed by atoms with Crippen LogP contribution in [0.2, 0.25) is 0 Å². The molecule has 0 saturated carbocycles. The molecule has 2 heterocycles. The number of nitrogens with zero attached hydrogens (tertiary/aromatic N) is 1. The topological polar surface area (TPSA) is 40.2 Å². The minimum Gasteiger partial charge on any atom is -0.212 e. The molecule has 2 bridgehead atoms. The number of hydrogen-bond acceptors (Lipinski definition) is 2. The van der Waals surface area contributed by atoms with Crippen molar-refractivity contribution in [3.8, 4) is 22.8 Å². The molecule has 3 rings (SSSR count). The zero-order valence-corrected chi connectivity index (χ0v) is 5.97. The third-order valence-corrected chi connectivity index (χ3v) is 1.96. The molecule has 0 aliphatic carbocycles. The van der Waals surface area contributed by atoms with Crippen molar-refractivity contribution in [1.82, 2.24) is 5.16 Å². The number of hydrogen-bond donors (Lipinski definition) is 0. The molecule has 3 nitrogen and oxygen atoms in total. The Hall–Kier alpha value is -1.71. The Kier molecular flexibility index (Phi) is 0.841. The molecule has 1 aromatic carbocycles. The molecule has 58 valence electrons. The standard InChI is InChI=1S/C8H3FN2O/c9-5-3-1-2-4-6(5)8-10-7(4)11-12-8/h1-3H/p+1. The number of rotatable bonds is 0. The van der Waals surface area contributed by atoms with Crippen molar-refractivity contribution in [2.45, 2.75) is 0 Å². The van der Waals surface area contributed by atoms with E-state index in [-0.39, 0.29) is 5.82 Å². The lowest BCUT2D eigenvalue weighted by Crippen LogP contribution is -1.96. The van der Waals surface area contributed by atoms with Crippen molar-refractivity contribution >= 4 is 0 Å². The highest BCUT2D eigenvalue weighted by Gasteiger charge is 2.34. The largest absolute Gasteiger partial charge is 0.379 e. The molecule has 1 N–H and O–H groups in total. The lowest BCUT2D eigenvalue weighted by molar-refractivity contribution is -0.352. The predicted octanol–water partition coefficient (Wildman–Crippen LogP) is 1.28. The molecule has 0 spiro atoms. The van der Waals surface area contributed by atoms with Crippen LogP contribution in [0.3, 0.4) is 0 Å². The summed E-state index contributed by atoms with van der Waals surface area (Å²) >= 11 is 0. The first kappa shape index (κ1) is 5.88. The smallest absolute Gasteiger partial charge is 0.212 e. The molecule has 0 saturated heterocycles. The van der Waals surface area contributed by atoms with E-state index in [0.29, 0.717) is 17.3 Å². The van der Waals surface area contributed by atoms with Gasteiger partial charge in [-0.1, -0.05) is 6.07 Å². The Morgan fingerprint density at radius 2 is 2.33 bits per heavy atom. The molecular formula is C8H4FN2O+. The van der Waals surface area contributed by atoms with Gasteiger partial charge < -0.3 is 0 Å². The van der Waals surface area contributed by atoms with Crippen molar-refractivity contribution in [2.75, 3.05) is 0 Å². The van der Waals surface area contributed by atoms with Gasteiger partial charge in [-0.05, 0) is 12.1 Å². The summed E-state index contributed by atoms with van der Waals surface area (Å²) in [4.78, 5) is 2.84. The highest BCUT2D eigenvalue weighted by atomic mass is 19.1. The van der Waals surface area contributed by atoms with E-state index in [4.69, 9.17) is 4.52 Å². The van der Waals surface area contributed by atoms with Gasteiger partial charge in [0.15, 0.2) is 5.16 Å². The first-order valence-electron chi connectivity index (χ1n) is 3.54. The maximum Gasteiger partial charge on any atom is 0.379 e. The highest BCUT2D eigenvalue weighted by molar-refractivity contribution is 5.77. The van der Waals surface area contributed by atoms with E-state index in [1.165, 1.54) is 6.07 Å². The molecule has 12 heavy (non-hydrogen) atoms. The van der Waals surface area contributed by atoms with Crippen molar-refractivity contribution in [1.29, 1.82) is 0 Å². The summed E-state index contributed by atoms with van der Waals surface area (Å²) in [5, 5.41) is 3.69. The summed E-state index contributed by atoms with van der Waals surface area (Å²) in [5.74, 6) is 0.720. The molecule has 0 fully saturated rings. The third-order valence-electron chi connectivity index (χ3n) is 1.96. The SMILES string of the molecule is Fc1cccc2c1-c1[nH+]c-2no1. The predicted molar refractivity (Wildman–Crippen MR) is 37.4 cm³/mol. The first-order valence-corrected chi connectivity index (χ1v) is 3.54. The van der Waals surface area contributed by atoms with E-state index in [0.717, 1.165) is 5.56 Å². The Morgan fingerprint density at radius 1 is 1.42 bits per heavy atom. The summed E-state index contributed by atoms with van der Waals surface area (Å²) in [6.07, 6.45) is 0. The summed E-state index contributed by atoms with van der Waals surface area (Å²) in [7, 11) is 0. The normalized spacial score (nSPS) is 11.8. The quantitative estimate of drug-likeness (QED) is 0.500. The Labute approximate surface area is 66.8 Å². The lowest BCUT2D eigenvalue weighted by Gasteiger charge is -1.94. The Balaban J connectivity index is 2.46. The number of fused-ring (bicyclic) bond motifs is 5. The number of benzene rings is 1. The van der Waals surface area contributed by atoms with Crippen molar-refractivity contribution in [2.24, 2.45) is 0 Å². The molecule has 1 aromatic heterocycles. The first-order chi connectivity index (χ1) is 5.86. The van der Waals surface area contributed by atoms with E-state index in [1.54, 1.807) is 12.1 Å². The molecule has 2 aromatic rings. The fourth-order valence-electron chi connectivity index (χ4n) is 1.42. The van der Waals surface area contributed by atoms with E-state index in [1.807, 2.05) is 0 Å². The van der Waals surface area contributed by atoms with Gasteiger partial charge in [-0.2, -0.15) is 4.98 Å². The van der Waals surface area contributed by atoms with Gasteiger partial charge in [0.25, 0.3) is 0 Å². The summed E-state index contributed by atoms with van der Waals surface area (Å²) in [6, 6.07) is 4.86. The van der Waals surface area contributed by atoms with E-state index in [9.17, 15) is 4.39 Å². The number of aromatic nitrogens is 2. The van der Waals surface area contributed by atoms with Crippen molar-refractivity contribution < 1.29 is 13.9 Å². The van der Waals surface area contributed by atoms with Crippen LogP contribution < -0.4 is 4.98 Å². The second-order valence-electron chi connectivity index (χ2n) is 2.65. The van der Waals surface area contributed by atoms with E-state index < -0.39 is 0 Å². The van der Waals surface area contributed by atoms with Gasteiger partial charge in [-0.15, -0.1) is 0 Å². The van der Waals surface area contributed by atoms with Crippen LogP contribution in [0.15, 0.2) is 22.7 Å². The molecule has 0 radical (unpaired) electrons. The van der Waals surface area contributed by atoms with Crippen LogP contribution in [0.5, 0.6) is 0 Å². The minimum absolute atomic E-state index is 0.278. The van der Waals surface area contributed by atoms with Gasteiger partial charge in [0.1, 0.15) is 11.4 Å². The van der Waals surface area contributed by atoms with Crippen molar-refractivity contribution in [3.05, 3.63) is 24.0 Å². The van der Waals surface area contributed by atoms with Crippen LogP contribution in [-0.4, -0.2) is 5.16 Å². The van der Waals surface area contributed by atoms with Gasteiger partial charge in [-0.25, -0.2) is 8.91 Å². The summed E-state index contributed by atoms with van der Waals surface area (Å²) in [5.41, 5.74) is 1.26. The Morgan fingerprint density at radius 3 is 3.17 bits per heavy atom. The van der Waals surface area contributed by atoms with Gasteiger partial charge in [0.2, 0.25) is 0 Å². The summed E-state index contributed by atoms with van der Waals surface area (Å²) in [6.45, 7) is 0. The lowest BCUT2D eigenvalue weighted by atomic mass is 10.1. The second-order valence-corrected chi connectivity index (χ2v) is 2.65. The van der Waals surface area contributed by atoms with Crippen LogP contribution >= 0.6 is 0 Å². The van der Waals surface area contributed by atoms with Gasteiger partial charge >= 0.3 is 11.7 Å². The highest BCUT2D eigenvalue weighted by Crippen LogP contribution is 2.34. The number of halogens is 1. The number of H-pyrrole nitrogens is 1. The second kappa shape index (κ2) is 1.72. The van der Waals surface area contributed by atoms with Gasteiger partial charge in [0, 0.05) is 0 Å². The molecule has 4 heteroatoms. The molecule has 0 amide bonds. The monoisotopic (exact) mass is 163 g/mol. The van der Waals surface area contributed by atoms with E-state index in [2.05, 4.69) is 10.1 Å². The maximum atomic E-state index is 13.2. The van der Waals surface area contributed by atoms with Gasteiger partial charge in [-0.3, -0.25) is 0 Å². The number of nitrogens with one attached hydrogen (secondary N) is 1. The Bertz CT molecular complexity index is 464. The average molecular weight is 163 g/mol. The van der Waals surface area contributed by atoms with Crippen LogP contribution in [-0.2, 0) is 0 Å². The van der Waals surface area contributed by atoms with E-state index >= 15 is 0 Å². The maximum absolute atomic E-state index is 13.2. The van der Waals surface area contributed by atoms with Crippen LogP contribution in [0.4, 0.5) is 4.39 Å². The molecule has 1 aliphatic rings. The van der Waals surface area contributed by atoms with Crippen LogP contribution in [0, 0.1) is 5.82 Å². The minimum atomic E-state index is -0.278. The zero-order chi connectivity index (χ0) is 8.13. The van der Waals surface area contributed by atoms with Crippen molar-refractivity contribution in [3.63, 3.8) is 0 Å². The fourth-order valence-corrected chi connectivity index (χ4v) is 1.42. The average Bonchev–Trinajstić information content (AvgIpc) is 2.64. The molecular weight excluding hydrogens is 159 g/mol. The third kappa shape index (κ3) is 0.514. The molecule has 0 unspecified atom stereocenters. The van der Waals surface area contributed by atoms with Crippen LogP contribution in [0.1, 0.15) is 0 Å². The van der Waals surface area contributed by atoms with Crippen LogP contribution in [0.25, 0.3) is 22.8 Å². The molecule has 0 atom stereocenters. The zero-order valence-electron chi connectivity index (χ0n) is 5.97. The van der Waals surface area contributed by atoms with Gasteiger partial charge in [0.05, 0.1) is 5.56 Å².